The van der Waals surface area contributed by atoms with Crippen molar-refractivity contribution in [3.8, 4) is 0 Å². The Labute approximate surface area is 47.7 Å². The molecule has 0 spiro atoms. The van der Waals surface area contributed by atoms with Crippen LogP contribution < -0.4 is 5.32 Å². The normalized spacial score (nSPS) is 21.2. The Morgan fingerprint density at radius 3 is 3.00 bits per heavy atom. The molecule has 0 fully saturated rings. The number of alkyl halides is 1. The van der Waals surface area contributed by atoms with E-state index in [0.29, 0.717) is 0 Å². The number of amidine groups is 1. The van der Waals surface area contributed by atoms with Crippen molar-refractivity contribution in [2.24, 2.45) is 3.21 Å². The maximum atomic E-state index is 4.17. The van der Waals surface area contributed by atoms with Crippen LogP contribution in [0, 0.1) is 0 Å². The molecule has 0 aromatic rings. The molecule has 2 nitrogen and oxygen atoms in total. The first kappa shape index (κ1) is 4.36. The van der Waals surface area contributed by atoms with Crippen LogP contribution in [0.1, 0.15) is 6.92 Å². The van der Waals surface area contributed by atoms with Crippen molar-refractivity contribution >= 4 is 27.3 Å². The molecule has 1 aliphatic heterocycles. The Hall–Kier alpha value is 0.200. The second-order valence-electron chi connectivity index (χ2n) is 1.13. The molecule has 6 heavy (non-hydrogen) atoms. The van der Waals surface area contributed by atoms with E-state index < -0.39 is 0 Å². The number of nitrogens with one attached hydrogen (secondary N) is 1. The maximum absolute atomic E-state index is 4.17. The van der Waals surface area contributed by atoms with E-state index in [1.54, 1.807) is 0 Å². The van der Waals surface area contributed by atoms with Gasteiger partial charge in [-0.2, -0.15) is 0 Å². The molecule has 0 amide bonds. The molecule has 36 valence electrons. The zero-order valence-electron chi connectivity index (χ0n) is 3.56. The van der Waals surface area contributed by atoms with Crippen molar-refractivity contribution in [2.45, 2.75) is 6.92 Å². The predicted octanol–water partition coefficient (Wildman–Crippen LogP) is 0.584. The summed E-state index contributed by atoms with van der Waals surface area (Å²) in [5, 5.41) is 3.13. The molecule has 0 saturated carbocycles. The molecular formula is C3H7IN2. The minimum atomic E-state index is 0.0361. The van der Waals surface area contributed by atoms with Gasteiger partial charge in [0.15, 0.2) is 0 Å². The number of nitrogens with zero attached hydrogens (tertiary/aromatic N) is 1. The Morgan fingerprint density at radius 1 is 2.00 bits per heavy atom. The summed E-state index contributed by atoms with van der Waals surface area (Å²) < 4.78 is 5.34. The van der Waals surface area contributed by atoms with Crippen LogP contribution in [0.2, 0.25) is 0 Å². The van der Waals surface area contributed by atoms with Crippen LogP contribution in [0.3, 0.4) is 0 Å². The van der Waals surface area contributed by atoms with Crippen molar-refractivity contribution in [3.63, 3.8) is 0 Å². The van der Waals surface area contributed by atoms with Gasteiger partial charge in [0.2, 0.25) is 0 Å². The van der Waals surface area contributed by atoms with Crippen LogP contribution in [0.25, 0.3) is 0 Å². The van der Waals surface area contributed by atoms with Crippen molar-refractivity contribution < 1.29 is 0 Å². The third kappa shape index (κ3) is 0.830. The molecule has 0 radical (unpaired) electrons. The van der Waals surface area contributed by atoms with Crippen molar-refractivity contribution in [1.82, 2.24) is 5.32 Å². The molecule has 1 heterocycles. The van der Waals surface area contributed by atoms with Crippen LogP contribution >= 0.6 is 21.5 Å². The second kappa shape index (κ2) is 1.77. The molecule has 0 atom stereocenters. The minimum absolute atomic E-state index is 0.0361. The molecule has 1 N–H and O–H groups in total. The first-order valence-corrected chi connectivity index (χ1v) is 4.49. The summed E-state index contributed by atoms with van der Waals surface area (Å²) in [6.07, 6.45) is 0. The number of hydrogen-bond acceptors (Lipinski definition) is 2. The fraction of sp³-hybridized carbons (Fsp3) is 0.667. The first-order chi connectivity index (χ1) is 2.89. The van der Waals surface area contributed by atoms with E-state index in [4.69, 9.17) is 0 Å². The molecule has 1 rings (SSSR count). The summed E-state index contributed by atoms with van der Waals surface area (Å²) in [4.78, 5) is 0. The third-order valence-corrected chi connectivity index (χ3v) is 2.52. The summed E-state index contributed by atoms with van der Waals surface area (Å²) in [7, 11) is 0. The molecule has 0 aromatic carbocycles. The van der Waals surface area contributed by atoms with E-state index in [2.05, 4.69) is 8.52 Å². The van der Waals surface area contributed by atoms with Crippen LogP contribution in [-0.2, 0) is 0 Å². The van der Waals surface area contributed by atoms with E-state index in [1.807, 2.05) is 6.92 Å². The Morgan fingerprint density at radius 2 is 2.83 bits per heavy atom. The summed E-state index contributed by atoms with van der Waals surface area (Å²) in [6, 6.07) is 0. The monoisotopic (exact) mass is 198 g/mol. The third-order valence-electron chi connectivity index (χ3n) is 0.594. The van der Waals surface area contributed by atoms with Gasteiger partial charge in [-0.05, 0) is 0 Å². The average molecular weight is 198 g/mol. The molecule has 0 bridgehead atoms. The summed E-state index contributed by atoms with van der Waals surface area (Å²) in [6.45, 7) is 2.01. The van der Waals surface area contributed by atoms with Crippen molar-refractivity contribution in [2.75, 3.05) is 4.55 Å². The standard InChI is InChI=1S/C3H7IN2/c1-3-5-2-4-6-3/h4H,2H2,1H3,(H,5,6). The van der Waals surface area contributed by atoms with Crippen molar-refractivity contribution in [3.05, 3.63) is 0 Å². The van der Waals surface area contributed by atoms with E-state index in [0.717, 1.165) is 10.4 Å². The van der Waals surface area contributed by atoms with Gasteiger partial charge in [0.1, 0.15) is 0 Å². The van der Waals surface area contributed by atoms with Gasteiger partial charge in [-0.1, -0.05) is 0 Å². The zero-order valence-corrected chi connectivity index (χ0v) is 5.89. The molecule has 3 heteroatoms. The van der Waals surface area contributed by atoms with Gasteiger partial charge in [0.05, 0.1) is 0 Å². The first-order valence-electron chi connectivity index (χ1n) is 1.80. The van der Waals surface area contributed by atoms with Gasteiger partial charge >= 0.3 is 47.3 Å². The summed E-state index contributed by atoms with van der Waals surface area (Å²) in [5.74, 6) is 1.14. The topological polar surface area (TPSA) is 24.4 Å². The SMILES string of the molecule is CC1=N[IH]CN1. The summed E-state index contributed by atoms with van der Waals surface area (Å²) >= 11 is 0.0361. The van der Waals surface area contributed by atoms with E-state index in [9.17, 15) is 0 Å². The molecular weight excluding hydrogens is 191 g/mol. The molecule has 0 aromatic heterocycles. The Kier molecular flexibility index (Phi) is 1.29. The molecule has 0 aliphatic carbocycles. The average Bonchev–Trinajstić information content (AvgIpc) is 1.86. The van der Waals surface area contributed by atoms with Crippen LogP contribution in [0.5, 0.6) is 0 Å². The van der Waals surface area contributed by atoms with Crippen molar-refractivity contribution in [1.29, 1.82) is 0 Å². The zero-order chi connectivity index (χ0) is 4.41. The predicted molar refractivity (Wildman–Crippen MR) is 36.5 cm³/mol. The van der Waals surface area contributed by atoms with E-state index >= 15 is 0 Å². The molecule has 0 unspecified atom stereocenters. The van der Waals surface area contributed by atoms with Gasteiger partial charge < -0.3 is 0 Å². The molecule has 0 saturated heterocycles. The fourth-order valence-electron chi connectivity index (χ4n) is 0.298. The van der Waals surface area contributed by atoms with Crippen LogP contribution in [-0.4, -0.2) is 10.4 Å². The van der Waals surface area contributed by atoms with Crippen LogP contribution in [0.15, 0.2) is 3.21 Å². The quantitative estimate of drug-likeness (QED) is 0.343. The fourth-order valence-corrected chi connectivity index (χ4v) is 2.00. The number of halogens is 1. The number of rotatable bonds is 0. The number of hydrogen-bond donors (Lipinski definition) is 1. The Bertz CT molecular complexity index is 78.9. The second-order valence-corrected chi connectivity index (χ2v) is 3.21. The van der Waals surface area contributed by atoms with Gasteiger partial charge in [-0.15, -0.1) is 0 Å². The van der Waals surface area contributed by atoms with E-state index in [-0.39, 0.29) is 21.5 Å². The van der Waals surface area contributed by atoms with E-state index in [1.165, 1.54) is 0 Å². The summed E-state index contributed by atoms with van der Waals surface area (Å²) in [5.41, 5.74) is 0. The molecule has 1 aliphatic rings. The van der Waals surface area contributed by atoms with Gasteiger partial charge in [-0.25, -0.2) is 0 Å². The Balaban J connectivity index is 2.45. The van der Waals surface area contributed by atoms with Gasteiger partial charge in [0.25, 0.3) is 0 Å². The van der Waals surface area contributed by atoms with Crippen LogP contribution in [0.4, 0.5) is 0 Å². The van der Waals surface area contributed by atoms with Gasteiger partial charge in [0, 0.05) is 0 Å². The van der Waals surface area contributed by atoms with Gasteiger partial charge in [-0.3, -0.25) is 0 Å².